The number of nitrogen functional groups attached to an aromatic ring is 1. The fourth-order valence-electron chi connectivity index (χ4n) is 2.23. The smallest absolute Gasteiger partial charge is 0.265 e. The van der Waals surface area contributed by atoms with Crippen LogP contribution in [-0.4, -0.2) is 54.4 Å². The van der Waals surface area contributed by atoms with Gasteiger partial charge in [-0.15, -0.1) is 0 Å². The molecule has 2 heterocycles. The van der Waals surface area contributed by atoms with E-state index in [0.29, 0.717) is 24.5 Å². The first-order valence-corrected chi connectivity index (χ1v) is 7.87. The molecule has 1 aromatic rings. The zero-order chi connectivity index (χ0) is 15.4. The van der Waals surface area contributed by atoms with Crippen LogP contribution in [0.1, 0.15) is 29.9 Å². The van der Waals surface area contributed by atoms with Gasteiger partial charge in [-0.05, 0) is 20.3 Å². The van der Waals surface area contributed by atoms with Crippen LogP contribution in [0.5, 0.6) is 0 Å². The number of thiazole rings is 1. The summed E-state index contributed by atoms with van der Waals surface area (Å²) in [5.41, 5.74) is 5.86. The van der Waals surface area contributed by atoms with Crippen molar-refractivity contribution in [2.45, 2.75) is 32.4 Å². The maximum atomic E-state index is 12.2. The van der Waals surface area contributed by atoms with Crippen LogP contribution in [0.15, 0.2) is 0 Å². The topological polar surface area (TPSA) is 101 Å². The van der Waals surface area contributed by atoms with Crippen LogP contribution in [0.4, 0.5) is 10.9 Å². The number of nitrogens with two attached hydrogens (primary N) is 1. The number of carbonyl (C=O) groups excluding carboxylic acids is 1. The summed E-state index contributed by atoms with van der Waals surface area (Å²) < 4.78 is 5.30. The number of amides is 1. The Balaban J connectivity index is 2.02. The summed E-state index contributed by atoms with van der Waals surface area (Å²) in [6, 6.07) is -0.120. The van der Waals surface area contributed by atoms with E-state index >= 15 is 0 Å². The van der Waals surface area contributed by atoms with E-state index < -0.39 is 6.10 Å². The minimum atomic E-state index is -0.456. The van der Waals surface area contributed by atoms with Gasteiger partial charge in [-0.1, -0.05) is 11.3 Å². The van der Waals surface area contributed by atoms with E-state index in [1.807, 2.05) is 6.92 Å². The molecule has 1 saturated heterocycles. The van der Waals surface area contributed by atoms with Gasteiger partial charge in [-0.2, -0.15) is 0 Å². The summed E-state index contributed by atoms with van der Waals surface area (Å²) in [6.07, 6.45) is 0.0452. The molecule has 2 rings (SSSR count). The number of nitrogens with zero attached hydrogens (tertiary/aromatic N) is 2. The molecule has 118 valence electrons. The van der Waals surface area contributed by atoms with Crippen LogP contribution in [0.3, 0.4) is 0 Å². The van der Waals surface area contributed by atoms with Crippen LogP contribution in [0.25, 0.3) is 0 Å². The fraction of sp³-hybridized carbons (Fsp3) is 0.692. The van der Waals surface area contributed by atoms with E-state index in [1.165, 1.54) is 11.3 Å². The lowest BCUT2D eigenvalue weighted by atomic mass is 10.1. The van der Waals surface area contributed by atoms with Crippen LogP contribution in [0.2, 0.25) is 0 Å². The van der Waals surface area contributed by atoms with Gasteiger partial charge in [-0.3, -0.25) is 4.79 Å². The Bertz CT molecular complexity index is 486. The molecule has 2 unspecified atom stereocenters. The van der Waals surface area contributed by atoms with Crippen molar-refractivity contribution in [2.75, 3.05) is 36.9 Å². The number of carbonyl (C=O) groups is 1. The van der Waals surface area contributed by atoms with Crippen molar-refractivity contribution in [1.82, 2.24) is 10.3 Å². The van der Waals surface area contributed by atoms with Crippen LogP contribution in [-0.2, 0) is 4.74 Å². The number of nitrogens with one attached hydrogen (secondary N) is 1. The quantitative estimate of drug-likeness (QED) is 0.729. The highest BCUT2D eigenvalue weighted by Gasteiger charge is 2.22. The van der Waals surface area contributed by atoms with Gasteiger partial charge in [0.1, 0.15) is 10.7 Å². The zero-order valence-electron chi connectivity index (χ0n) is 12.3. The first-order chi connectivity index (χ1) is 9.97. The van der Waals surface area contributed by atoms with Crippen molar-refractivity contribution in [3.63, 3.8) is 0 Å². The Hall–Kier alpha value is -1.38. The van der Waals surface area contributed by atoms with Crippen molar-refractivity contribution in [2.24, 2.45) is 0 Å². The van der Waals surface area contributed by atoms with Gasteiger partial charge in [0.05, 0.1) is 19.3 Å². The molecule has 0 bridgehead atoms. The second-order valence-electron chi connectivity index (χ2n) is 5.27. The maximum Gasteiger partial charge on any atom is 0.265 e. The molecule has 0 aromatic carbocycles. The Morgan fingerprint density at radius 2 is 2.19 bits per heavy atom. The lowest BCUT2D eigenvalue weighted by Gasteiger charge is -2.25. The van der Waals surface area contributed by atoms with Crippen LogP contribution in [0, 0.1) is 0 Å². The van der Waals surface area contributed by atoms with E-state index in [2.05, 4.69) is 15.2 Å². The van der Waals surface area contributed by atoms with E-state index in [4.69, 9.17) is 10.5 Å². The summed E-state index contributed by atoms with van der Waals surface area (Å²) in [4.78, 5) is 19.0. The molecule has 1 amide bonds. The fourth-order valence-corrected chi connectivity index (χ4v) is 3.17. The van der Waals surface area contributed by atoms with E-state index in [0.717, 1.165) is 18.2 Å². The van der Waals surface area contributed by atoms with Gasteiger partial charge in [0.2, 0.25) is 0 Å². The molecule has 2 atom stereocenters. The molecular formula is C13H22N4O3S. The second-order valence-corrected chi connectivity index (χ2v) is 6.25. The molecule has 8 heteroatoms. The van der Waals surface area contributed by atoms with E-state index in [1.54, 1.807) is 6.92 Å². The summed E-state index contributed by atoms with van der Waals surface area (Å²) in [5, 5.41) is 12.9. The van der Waals surface area contributed by atoms with Crippen LogP contribution >= 0.6 is 11.3 Å². The second kappa shape index (κ2) is 7.06. The number of hydrogen-bond acceptors (Lipinski definition) is 7. The van der Waals surface area contributed by atoms with Gasteiger partial charge in [0, 0.05) is 19.1 Å². The molecule has 1 aliphatic rings. The standard InChI is InChI=1S/C13H22N4O3S/c1-8(7-9(2)18)15-12(19)10-11(14)16-13(21-10)17-3-5-20-6-4-17/h8-9,18H,3-7,14H2,1-2H3,(H,15,19). The van der Waals surface area contributed by atoms with Gasteiger partial charge in [0.15, 0.2) is 5.13 Å². The maximum absolute atomic E-state index is 12.2. The third-order valence-corrected chi connectivity index (χ3v) is 4.33. The first-order valence-electron chi connectivity index (χ1n) is 7.05. The molecular weight excluding hydrogens is 292 g/mol. The molecule has 1 aromatic heterocycles. The van der Waals surface area contributed by atoms with Crippen molar-refractivity contribution >= 4 is 28.2 Å². The molecule has 0 radical (unpaired) electrons. The van der Waals surface area contributed by atoms with Gasteiger partial charge in [0.25, 0.3) is 5.91 Å². The van der Waals surface area contributed by atoms with Crippen molar-refractivity contribution in [1.29, 1.82) is 0 Å². The number of rotatable bonds is 5. The lowest BCUT2D eigenvalue weighted by molar-refractivity contribution is 0.0928. The largest absolute Gasteiger partial charge is 0.393 e. The normalized spacial score (nSPS) is 18.3. The lowest BCUT2D eigenvalue weighted by Crippen LogP contribution is -2.36. The molecule has 1 aliphatic heterocycles. The van der Waals surface area contributed by atoms with E-state index in [9.17, 15) is 9.90 Å². The molecule has 0 saturated carbocycles. The molecule has 0 spiro atoms. The molecule has 1 fully saturated rings. The third-order valence-electron chi connectivity index (χ3n) is 3.20. The molecule has 0 aliphatic carbocycles. The van der Waals surface area contributed by atoms with Gasteiger partial charge < -0.3 is 25.8 Å². The minimum Gasteiger partial charge on any atom is -0.393 e. The van der Waals surface area contributed by atoms with Crippen molar-refractivity contribution in [3.05, 3.63) is 4.88 Å². The minimum absolute atomic E-state index is 0.120. The van der Waals surface area contributed by atoms with E-state index in [-0.39, 0.29) is 17.8 Å². The van der Waals surface area contributed by atoms with Crippen LogP contribution < -0.4 is 16.0 Å². The third kappa shape index (κ3) is 4.29. The SMILES string of the molecule is CC(O)CC(C)NC(=O)c1sc(N2CCOCC2)nc1N. The number of hydrogen-bond donors (Lipinski definition) is 3. The van der Waals surface area contributed by atoms with Crippen molar-refractivity contribution in [3.8, 4) is 0 Å². The highest BCUT2D eigenvalue weighted by molar-refractivity contribution is 7.18. The summed E-state index contributed by atoms with van der Waals surface area (Å²) in [6.45, 7) is 6.38. The highest BCUT2D eigenvalue weighted by atomic mass is 32.1. The summed E-state index contributed by atoms with van der Waals surface area (Å²) in [5.74, 6) is 0.0147. The predicted molar refractivity (Wildman–Crippen MR) is 82.8 cm³/mol. The average molecular weight is 314 g/mol. The average Bonchev–Trinajstić information content (AvgIpc) is 2.81. The summed E-state index contributed by atoms with van der Waals surface area (Å²) in [7, 11) is 0. The zero-order valence-corrected chi connectivity index (χ0v) is 13.2. The number of morpholine rings is 1. The Morgan fingerprint density at radius 1 is 1.52 bits per heavy atom. The number of aliphatic hydroxyl groups is 1. The number of ether oxygens (including phenoxy) is 1. The number of aromatic nitrogens is 1. The number of anilines is 2. The van der Waals surface area contributed by atoms with Gasteiger partial charge >= 0.3 is 0 Å². The monoisotopic (exact) mass is 314 g/mol. The molecule has 7 nitrogen and oxygen atoms in total. The summed E-state index contributed by atoms with van der Waals surface area (Å²) >= 11 is 1.29. The van der Waals surface area contributed by atoms with Crippen molar-refractivity contribution < 1.29 is 14.6 Å². The predicted octanol–water partition coefficient (Wildman–Crippen LogP) is 0.451. The Morgan fingerprint density at radius 3 is 2.81 bits per heavy atom. The number of aliphatic hydroxyl groups excluding tert-OH is 1. The molecule has 4 N–H and O–H groups in total. The molecule has 21 heavy (non-hydrogen) atoms. The first kappa shape index (κ1) is 16.0. The highest BCUT2D eigenvalue weighted by Crippen LogP contribution is 2.28. The van der Waals surface area contributed by atoms with Gasteiger partial charge in [-0.25, -0.2) is 4.98 Å². The Kier molecular flexibility index (Phi) is 5.38. The Labute approximate surface area is 128 Å².